The number of fused-ring (bicyclic) bond motifs is 4. The average molecular weight is 429 g/mol. The van der Waals surface area contributed by atoms with Crippen LogP contribution < -0.4 is 10.5 Å². The van der Waals surface area contributed by atoms with Crippen molar-refractivity contribution in [2.45, 2.75) is 43.8 Å². The minimum Gasteiger partial charge on any atom is -0.490 e. The van der Waals surface area contributed by atoms with E-state index in [9.17, 15) is 18.0 Å². The molecule has 1 saturated carbocycles. The number of hydrogen-bond acceptors (Lipinski definition) is 4. The summed E-state index contributed by atoms with van der Waals surface area (Å²) in [7, 11) is 1.49. The predicted octanol–water partition coefficient (Wildman–Crippen LogP) is 3.98. The molecule has 2 N–H and O–H groups in total. The van der Waals surface area contributed by atoms with Gasteiger partial charge in [0.15, 0.2) is 11.5 Å². The summed E-state index contributed by atoms with van der Waals surface area (Å²) in [4.78, 5) is 19.1. The van der Waals surface area contributed by atoms with Crippen LogP contribution in [-0.4, -0.2) is 35.8 Å². The Morgan fingerprint density at radius 2 is 1.97 bits per heavy atom. The third-order valence-corrected chi connectivity index (χ3v) is 6.61. The molecule has 0 saturated heterocycles. The number of nitrogens with two attached hydrogens (primary N) is 1. The number of alkyl halides is 2. The number of aryl methyl sites for hydroxylation is 1. The summed E-state index contributed by atoms with van der Waals surface area (Å²) in [5.74, 6) is -4.21. The molecule has 5 nitrogen and oxygen atoms in total. The molecular formula is C23H22F3N3O2. The summed E-state index contributed by atoms with van der Waals surface area (Å²) >= 11 is 0. The Kier molecular flexibility index (Phi) is 4.16. The van der Waals surface area contributed by atoms with Gasteiger partial charge in [-0.2, -0.15) is 0 Å². The molecule has 3 unspecified atom stereocenters. The highest BCUT2D eigenvalue weighted by Crippen LogP contribution is 2.56. The van der Waals surface area contributed by atoms with Gasteiger partial charge in [0, 0.05) is 31.4 Å². The SMILES string of the molecule is Cc1cc(F)cc(-c2ccc3c(c2)C2(N=C(N)N(C)C2=O)C2CC(F)(F)CCC2O3)c1. The first-order valence-electron chi connectivity index (χ1n) is 10.2. The number of hydrogen-bond donors (Lipinski definition) is 1. The molecule has 2 aromatic carbocycles. The molecule has 5 rings (SSSR count). The summed E-state index contributed by atoms with van der Waals surface area (Å²) in [6, 6.07) is 9.80. The fourth-order valence-corrected chi connectivity index (χ4v) is 5.12. The van der Waals surface area contributed by atoms with E-state index in [0.29, 0.717) is 22.4 Å². The lowest BCUT2D eigenvalue weighted by Crippen LogP contribution is -2.56. The molecule has 3 atom stereocenters. The molecular weight excluding hydrogens is 407 g/mol. The van der Waals surface area contributed by atoms with Gasteiger partial charge in [-0.3, -0.25) is 9.69 Å². The number of nitrogens with zero attached hydrogens (tertiary/aromatic N) is 2. The molecule has 8 heteroatoms. The lowest BCUT2D eigenvalue weighted by atomic mass is 9.66. The molecule has 2 aromatic rings. The number of benzene rings is 2. The maximum atomic E-state index is 14.4. The number of carbonyl (C=O) groups excluding carboxylic acids is 1. The smallest absolute Gasteiger partial charge is 0.262 e. The number of aliphatic imine (C=N–C) groups is 1. The van der Waals surface area contributed by atoms with Gasteiger partial charge in [-0.1, -0.05) is 12.1 Å². The topological polar surface area (TPSA) is 67.9 Å². The van der Waals surface area contributed by atoms with Crippen LogP contribution in [-0.2, 0) is 10.3 Å². The Morgan fingerprint density at radius 1 is 1.19 bits per heavy atom. The van der Waals surface area contributed by atoms with E-state index >= 15 is 0 Å². The van der Waals surface area contributed by atoms with Crippen LogP contribution >= 0.6 is 0 Å². The first kappa shape index (κ1) is 19.9. The van der Waals surface area contributed by atoms with Crippen molar-refractivity contribution in [3.05, 3.63) is 53.3 Å². The zero-order valence-electron chi connectivity index (χ0n) is 17.2. The third-order valence-electron chi connectivity index (χ3n) is 6.61. The van der Waals surface area contributed by atoms with Crippen LogP contribution in [0, 0.1) is 18.7 Å². The molecule has 1 aliphatic carbocycles. The average Bonchev–Trinajstić information content (AvgIpc) is 2.92. The van der Waals surface area contributed by atoms with Crippen LogP contribution in [0.3, 0.4) is 0 Å². The van der Waals surface area contributed by atoms with Crippen molar-refractivity contribution in [3.63, 3.8) is 0 Å². The Bertz CT molecular complexity index is 1110. The highest BCUT2D eigenvalue weighted by atomic mass is 19.3. The van der Waals surface area contributed by atoms with Crippen LogP contribution in [0.5, 0.6) is 5.75 Å². The first-order valence-corrected chi connectivity index (χ1v) is 10.2. The van der Waals surface area contributed by atoms with Gasteiger partial charge < -0.3 is 10.5 Å². The standard InChI is InChI=1S/C23H22F3N3O2/c1-12-7-14(9-15(24)8-12)13-3-4-18-16(10-13)23(20(30)29(2)21(27)28-23)17-11-22(25,26)6-5-19(17)31-18/h3-4,7-10,17,19H,5-6,11H2,1-2H3,(H2,27,28). The van der Waals surface area contributed by atoms with Crippen LogP contribution in [0.4, 0.5) is 13.2 Å². The van der Waals surface area contributed by atoms with Gasteiger partial charge in [0.2, 0.25) is 5.92 Å². The van der Waals surface area contributed by atoms with E-state index in [4.69, 9.17) is 10.5 Å². The van der Waals surface area contributed by atoms with Crippen molar-refractivity contribution in [3.8, 4) is 16.9 Å². The first-order chi connectivity index (χ1) is 14.6. The van der Waals surface area contributed by atoms with Gasteiger partial charge in [-0.25, -0.2) is 18.2 Å². The molecule has 1 spiro atoms. The van der Waals surface area contributed by atoms with E-state index < -0.39 is 35.8 Å². The van der Waals surface area contributed by atoms with Crippen LogP contribution in [0.1, 0.15) is 30.4 Å². The van der Waals surface area contributed by atoms with E-state index in [0.717, 1.165) is 5.56 Å². The highest BCUT2D eigenvalue weighted by molar-refractivity contribution is 6.07. The number of rotatable bonds is 1. The lowest BCUT2D eigenvalue weighted by Gasteiger charge is -2.47. The van der Waals surface area contributed by atoms with Crippen molar-refractivity contribution in [2.24, 2.45) is 16.6 Å². The van der Waals surface area contributed by atoms with Gasteiger partial charge in [-0.05, 0) is 54.3 Å². The lowest BCUT2D eigenvalue weighted by molar-refractivity contribution is -0.145. The molecule has 1 fully saturated rings. The second-order valence-electron chi connectivity index (χ2n) is 8.69. The fraction of sp³-hybridized carbons (Fsp3) is 0.391. The van der Waals surface area contributed by atoms with Crippen molar-refractivity contribution >= 4 is 11.9 Å². The van der Waals surface area contributed by atoms with Gasteiger partial charge in [0.05, 0.1) is 0 Å². The number of halogens is 3. The predicted molar refractivity (Wildman–Crippen MR) is 109 cm³/mol. The van der Waals surface area contributed by atoms with Crippen LogP contribution in [0.25, 0.3) is 11.1 Å². The molecule has 2 aliphatic heterocycles. The zero-order chi connectivity index (χ0) is 22.1. The van der Waals surface area contributed by atoms with Crippen LogP contribution in [0.2, 0.25) is 0 Å². The van der Waals surface area contributed by atoms with Crippen LogP contribution in [0.15, 0.2) is 41.4 Å². The van der Waals surface area contributed by atoms with Crippen molar-refractivity contribution in [2.75, 3.05) is 7.05 Å². The number of carbonyl (C=O) groups is 1. The minimum absolute atomic E-state index is 0.0162. The Balaban J connectivity index is 1.73. The summed E-state index contributed by atoms with van der Waals surface area (Å²) in [5.41, 5.74) is 6.79. The van der Waals surface area contributed by atoms with E-state index in [1.54, 1.807) is 25.1 Å². The minimum atomic E-state index is -2.92. The second kappa shape index (κ2) is 6.48. The number of amides is 1. The second-order valence-corrected chi connectivity index (χ2v) is 8.69. The molecule has 1 amide bonds. The summed E-state index contributed by atoms with van der Waals surface area (Å²) in [6.45, 7) is 1.78. The largest absolute Gasteiger partial charge is 0.490 e. The number of ether oxygens (including phenoxy) is 1. The highest BCUT2D eigenvalue weighted by Gasteiger charge is 2.63. The number of likely N-dealkylation sites (N-methyl/N-ethyl adjacent to an activating group) is 1. The van der Waals surface area contributed by atoms with Crippen molar-refractivity contribution in [1.82, 2.24) is 4.90 Å². The molecule has 2 heterocycles. The van der Waals surface area contributed by atoms with E-state index in [-0.39, 0.29) is 24.6 Å². The quantitative estimate of drug-likeness (QED) is 0.746. The van der Waals surface area contributed by atoms with E-state index in [1.807, 2.05) is 6.07 Å². The normalized spacial score (nSPS) is 28.7. The summed E-state index contributed by atoms with van der Waals surface area (Å²) in [6.07, 6.45) is -1.27. The molecule has 162 valence electrons. The van der Waals surface area contributed by atoms with Gasteiger partial charge in [0.1, 0.15) is 17.7 Å². The molecule has 0 aromatic heterocycles. The maximum Gasteiger partial charge on any atom is 0.262 e. The molecule has 0 bridgehead atoms. The van der Waals surface area contributed by atoms with Gasteiger partial charge in [0.25, 0.3) is 5.91 Å². The van der Waals surface area contributed by atoms with Crippen molar-refractivity contribution < 1.29 is 22.7 Å². The Morgan fingerprint density at radius 3 is 2.65 bits per heavy atom. The summed E-state index contributed by atoms with van der Waals surface area (Å²) in [5, 5.41) is 0. The fourth-order valence-electron chi connectivity index (χ4n) is 5.12. The third kappa shape index (κ3) is 2.91. The Hall–Kier alpha value is -3.03. The monoisotopic (exact) mass is 429 g/mol. The maximum absolute atomic E-state index is 14.4. The van der Waals surface area contributed by atoms with Gasteiger partial charge in [-0.15, -0.1) is 0 Å². The Labute approximate surface area is 177 Å². The van der Waals surface area contributed by atoms with Crippen molar-refractivity contribution in [1.29, 1.82) is 0 Å². The zero-order valence-corrected chi connectivity index (χ0v) is 17.2. The molecule has 31 heavy (non-hydrogen) atoms. The molecule has 0 radical (unpaired) electrons. The number of guanidine groups is 1. The molecule has 3 aliphatic rings. The van der Waals surface area contributed by atoms with E-state index in [1.165, 1.54) is 24.1 Å². The summed E-state index contributed by atoms with van der Waals surface area (Å²) < 4.78 is 49.0. The van der Waals surface area contributed by atoms with E-state index in [2.05, 4.69) is 4.99 Å². The van der Waals surface area contributed by atoms with Gasteiger partial charge >= 0.3 is 0 Å².